The number of hydrogen-bond donors (Lipinski definition) is 1. The molecule has 1 heterocycles. The molecule has 0 aliphatic carbocycles. The van der Waals surface area contributed by atoms with Crippen molar-refractivity contribution >= 4 is 31.3 Å². The van der Waals surface area contributed by atoms with Crippen molar-refractivity contribution in [3.05, 3.63) is 33.6 Å². The molecule has 1 aliphatic rings. The fourth-order valence-electron chi connectivity index (χ4n) is 1.63. The molecule has 1 N–H and O–H groups in total. The molecular weight excluding hydrogens is 280 g/mol. The normalized spacial score (nSPS) is 17.3. The van der Waals surface area contributed by atoms with Crippen LogP contribution < -0.4 is 0 Å². The van der Waals surface area contributed by atoms with E-state index < -0.39 is 9.84 Å². The van der Waals surface area contributed by atoms with Gasteiger partial charge in [0.15, 0.2) is 0 Å². The Hall–Kier alpha value is -0.650. The van der Waals surface area contributed by atoms with E-state index in [0.29, 0.717) is 22.5 Å². The summed E-state index contributed by atoms with van der Waals surface area (Å²) in [4.78, 5) is 0.328. The summed E-state index contributed by atoms with van der Waals surface area (Å²) >= 11 is 3.30. The molecule has 3 nitrogen and oxygen atoms in total. The molecule has 0 radical (unpaired) electrons. The number of hydrogen-bond acceptors (Lipinski definition) is 3. The number of sulfone groups is 1. The maximum absolute atomic E-state index is 11.7. The Labute approximate surface area is 96.5 Å². The van der Waals surface area contributed by atoms with Crippen LogP contribution in [0.2, 0.25) is 0 Å². The third-order valence-corrected chi connectivity index (χ3v) is 4.33. The van der Waals surface area contributed by atoms with E-state index in [9.17, 15) is 8.42 Å². The van der Waals surface area contributed by atoms with E-state index in [4.69, 9.17) is 5.11 Å². The van der Waals surface area contributed by atoms with Crippen LogP contribution in [-0.4, -0.2) is 20.1 Å². The second-order valence-corrected chi connectivity index (χ2v) is 5.98. The van der Waals surface area contributed by atoms with Crippen molar-refractivity contribution in [2.45, 2.75) is 11.3 Å². The summed E-state index contributed by atoms with van der Waals surface area (Å²) in [5.74, 6) is 0. The van der Waals surface area contributed by atoms with Gasteiger partial charge in [-0.25, -0.2) is 8.42 Å². The third-order valence-electron chi connectivity index (χ3n) is 2.27. The molecule has 5 heteroatoms. The smallest absolute Gasteiger partial charge is 0.200 e. The maximum atomic E-state index is 11.7. The summed E-state index contributed by atoms with van der Waals surface area (Å²) in [6, 6.07) is 5.04. The fourth-order valence-corrected chi connectivity index (χ4v) is 3.49. The summed E-state index contributed by atoms with van der Waals surface area (Å²) in [6.07, 6.45) is 0.364. The molecule has 0 saturated carbocycles. The van der Waals surface area contributed by atoms with Gasteiger partial charge in [0.1, 0.15) is 0 Å². The van der Waals surface area contributed by atoms with Crippen molar-refractivity contribution in [3.8, 4) is 0 Å². The van der Waals surface area contributed by atoms with Crippen LogP contribution in [0.25, 0.3) is 5.57 Å². The molecule has 0 aromatic heterocycles. The van der Waals surface area contributed by atoms with Crippen LogP contribution in [0.4, 0.5) is 0 Å². The van der Waals surface area contributed by atoms with E-state index in [2.05, 4.69) is 15.9 Å². The Kier molecular flexibility index (Phi) is 2.70. The van der Waals surface area contributed by atoms with Crippen molar-refractivity contribution in [3.63, 3.8) is 0 Å². The topological polar surface area (TPSA) is 54.4 Å². The Balaban J connectivity index is 2.63. The monoisotopic (exact) mass is 288 g/mol. The second-order valence-electron chi connectivity index (χ2n) is 3.30. The average molecular weight is 289 g/mol. The fraction of sp³-hybridized carbons (Fsp3) is 0.200. The molecule has 2 rings (SSSR count). The van der Waals surface area contributed by atoms with Gasteiger partial charge in [0.25, 0.3) is 0 Å². The highest BCUT2D eigenvalue weighted by molar-refractivity contribution is 9.10. The molecule has 0 bridgehead atoms. The molecule has 1 aliphatic heterocycles. The Bertz CT molecular complexity index is 532. The van der Waals surface area contributed by atoms with E-state index in [1.54, 1.807) is 18.2 Å². The van der Waals surface area contributed by atoms with Gasteiger partial charge >= 0.3 is 0 Å². The predicted octanol–water partition coefficient (Wildman–Crippen LogP) is 1.96. The highest BCUT2D eigenvalue weighted by atomic mass is 79.9. The van der Waals surface area contributed by atoms with E-state index in [0.717, 1.165) is 4.47 Å². The van der Waals surface area contributed by atoms with E-state index >= 15 is 0 Å². The lowest BCUT2D eigenvalue weighted by molar-refractivity contribution is 0.305. The summed E-state index contributed by atoms with van der Waals surface area (Å²) in [7, 11) is -3.29. The van der Waals surface area contributed by atoms with Crippen LogP contribution in [0.15, 0.2) is 33.0 Å². The lowest BCUT2D eigenvalue weighted by atomic mass is 10.1. The zero-order valence-corrected chi connectivity index (χ0v) is 10.2. The predicted molar refractivity (Wildman–Crippen MR) is 61.0 cm³/mol. The molecule has 1 aromatic carbocycles. The van der Waals surface area contributed by atoms with Crippen LogP contribution in [0.5, 0.6) is 0 Å². The van der Waals surface area contributed by atoms with Crippen molar-refractivity contribution in [2.75, 3.05) is 6.61 Å². The van der Waals surface area contributed by atoms with E-state index in [1.807, 2.05) is 0 Å². The van der Waals surface area contributed by atoms with Crippen molar-refractivity contribution in [2.24, 2.45) is 0 Å². The largest absolute Gasteiger partial charge is 0.396 e. The Morgan fingerprint density at radius 1 is 1.33 bits per heavy atom. The number of rotatable bonds is 2. The van der Waals surface area contributed by atoms with Gasteiger partial charge in [-0.3, -0.25) is 0 Å². The molecule has 0 unspecified atom stereocenters. The minimum Gasteiger partial charge on any atom is -0.396 e. The van der Waals surface area contributed by atoms with Gasteiger partial charge < -0.3 is 5.11 Å². The van der Waals surface area contributed by atoms with Gasteiger partial charge in [0.2, 0.25) is 9.84 Å². The van der Waals surface area contributed by atoms with Gasteiger partial charge in [0, 0.05) is 16.5 Å². The van der Waals surface area contributed by atoms with Gasteiger partial charge in [-0.05, 0) is 35.8 Å². The van der Waals surface area contributed by atoms with Gasteiger partial charge in [-0.2, -0.15) is 0 Å². The number of aliphatic hydroxyl groups is 1. The number of benzene rings is 1. The molecule has 0 fully saturated rings. The SMILES string of the molecule is O=S1(=O)C=C(CCO)c2cc(Br)ccc21. The van der Waals surface area contributed by atoms with Gasteiger partial charge in [-0.1, -0.05) is 15.9 Å². The Morgan fingerprint density at radius 2 is 2.07 bits per heavy atom. The second kappa shape index (κ2) is 3.73. The average Bonchev–Trinajstić information content (AvgIpc) is 2.39. The highest BCUT2D eigenvalue weighted by Crippen LogP contribution is 2.36. The quantitative estimate of drug-likeness (QED) is 0.905. The molecule has 0 saturated heterocycles. The van der Waals surface area contributed by atoms with E-state index in [1.165, 1.54) is 5.41 Å². The number of aliphatic hydroxyl groups excluding tert-OH is 1. The first kappa shape index (κ1) is 10.9. The van der Waals surface area contributed by atoms with E-state index in [-0.39, 0.29) is 6.61 Å². The minimum atomic E-state index is -3.29. The molecule has 0 atom stereocenters. The minimum absolute atomic E-state index is 0.0483. The third kappa shape index (κ3) is 1.87. The lowest BCUT2D eigenvalue weighted by Gasteiger charge is -2.02. The van der Waals surface area contributed by atoms with Crippen LogP contribution in [0.3, 0.4) is 0 Å². The molecule has 80 valence electrons. The van der Waals surface area contributed by atoms with Crippen molar-refractivity contribution < 1.29 is 13.5 Å². The van der Waals surface area contributed by atoms with Gasteiger partial charge in [-0.15, -0.1) is 0 Å². The van der Waals surface area contributed by atoms with Gasteiger partial charge in [0.05, 0.1) is 4.90 Å². The molecular formula is C10H9BrO3S. The standard InChI is InChI=1S/C10H9BrO3S/c11-8-1-2-10-9(5-8)7(3-4-12)6-15(10,13)14/h1-2,5-6,12H,3-4H2. The molecule has 0 spiro atoms. The first-order valence-corrected chi connectivity index (χ1v) is 6.75. The first-order valence-electron chi connectivity index (χ1n) is 4.41. The van der Waals surface area contributed by atoms with Crippen LogP contribution in [0.1, 0.15) is 12.0 Å². The van der Waals surface area contributed by atoms with Crippen LogP contribution in [0, 0.1) is 0 Å². The number of fused-ring (bicyclic) bond motifs is 1. The first-order chi connectivity index (χ1) is 7.04. The Morgan fingerprint density at radius 3 is 2.73 bits per heavy atom. The van der Waals surface area contributed by atoms with Crippen LogP contribution in [-0.2, 0) is 9.84 Å². The van der Waals surface area contributed by atoms with Crippen molar-refractivity contribution in [1.82, 2.24) is 0 Å². The van der Waals surface area contributed by atoms with Crippen LogP contribution >= 0.6 is 15.9 Å². The number of halogens is 1. The molecule has 0 amide bonds. The zero-order chi connectivity index (χ0) is 11.1. The summed E-state index contributed by atoms with van der Waals surface area (Å²) in [5.41, 5.74) is 1.37. The summed E-state index contributed by atoms with van der Waals surface area (Å²) < 4.78 is 24.2. The zero-order valence-electron chi connectivity index (χ0n) is 7.77. The molecule has 15 heavy (non-hydrogen) atoms. The lowest BCUT2D eigenvalue weighted by Crippen LogP contribution is -1.92. The molecule has 1 aromatic rings. The maximum Gasteiger partial charge on any atom is 0.200 e. The van der Waals surface area contributed by atoms with Crippen molar-refractivity contribution in [1.29, 1.82) is 0 Å². The highest BCUT2D eigenvalue weighted by Gasteiger charge is 2.26. The summed E-state index contributed by atoms with van der Waals surface area (Å²) in [5, 5.41) is 10.1. The summed E-state index contributed by atoms with van der Waals surface area (Å²) in [6.45, 7) is -0.0483.